The zero-order chi connectivity index (χ0) is 11.6. The van der Waals surface area contributed by atoms with Gasteiger partial charge in [-0.05, 0) is 47.9 Å². The van der Waals surface area contributed by atoms with Crippen molar-refractivity contribution < 1.29 is 0 Å². The van der Waals surface area contributed by atoms with Crippen molar-refractivity contribution in [3.05, 3.63) is 0 Å². The molecule has 92 valence electrons. The van der Waals surface area contributed by atoms with Crippen LogP contribution in [0.2, 0.25) is 18.6 Å². The second-order valence-electron chi connectivity index (χ2n) is 4.01. The van der Waals surface area contributed by atoms with E-state index in [1.807, 2.05) is 23.5 Å². The van der Waals surface area contributed by atoms with Gasteiger partial charge in [0.2, 0.25) is 0 Å². The summed E-state index contributed by atoms with van der Waals surface area (Å²) in [5.41, 5.74) is 0. The molecule has 0 rings (SSSR count). The Labute approximate surface area is 110 Å². The minimum atomic E-state index is -1.36. The van der Waals surface area contributed by atoms with Gasteiger partial charge in [0.05, 0.1) is 0 Å². The molecule has 0 atom stereocenters. The van der Waals surface area contributed by atoms with E-state index in [1.165, 1.54) is 47.9 Å². The molecule has 0 aromatic heterocycles. The van der Waals surface area contributed by atoms with Crippen molar-refractivity contribution in [2.75, 3.05) is 23.0 Å². The lowest BCUT2D eigenvalue weighted by molar-refractivity contribution is 1.01. The molecule has 0 saturated carbocycles. The van der Waals surface area contributed by atoms with Crippen LogP contribution >= 0.6 is 34.6 Å². The summed E-state index contributed by atoms with van der Waals surface area (Å²) in [6.07, 6.45) is 2.65. The van der Waals surface area contributed by atoms with Crippen LogP contribution in [-0.4, -0.2) is 30.4 Å². The van der Waals surface area contributed by atoms with E-state index < -0.39 is 7.38 Å². The van der Waals surface area contributed by atoms with E-state index in [-0.39, 0.29) is 0 Å². The van der Waals surface area contributed by atoms with Crippen molar-refractivity contribution in [1.82, 2.24) is 0 Å². The van der Waals surface area contributed by atoms with Crippen LogP contribution in [0.1, 0.15) is 26.7 Å². The van der Waals surface area contributed by atoms with Crippen molar-refractivity contribution in [3.63, 3.8) is 0 Å². The number of halogens is 1. The largest absolute Gasteiger partial charge is 0.167 e. The highest BCUT2D eigenvalue weighted by Crippen LogP contribution is 2.25. The molecular formula is C11H25ClS2Si. The van der Waals surface area contributed by atoms with Crippen LogP contribution in [0.5, 0.6) is 0 Å². The maximum absolute atomic E-state index is 6.61. The molecule has 0 unspecified atom stereocenters. The van der Waals surface area contributed by atoms with Gasteiger partial charge in [0.25, 0.3) is 0 Å². The average molecular weight is 285 g/mol. The first-order chi connectivity index (χ1) is 7.12. The summed E-state index contributed by atoms with van der Waals surface area (Å²) in [4.78, 5) is 0. The Morgan fingerprint density at radius 2 is 1.33 bits per heavy atom. The third-order valence-electron chi connectivity index (χ3n) is 2.38. The van der Waals surface area contributed by atoms with Crippen LogP contribution in [0.3, 0.4) is 0 Å². The van der Waals surface area contributed by atoms with Gasteiger partial charge in [0.1, 0.15) is 0 Å². The Hall–Kier alpha value is 1.21. The summed E-state index contributed by atoms with van der Waals surface area (Å²) in [6, 6.07) is 2.61. The fourth-order valence-corrected chi connectivity index (χ4v) is 6.17. The quantitative estimate of drug-likeness (QED) is 0.311. The summed E-state index contributed by atoms with van der Waals surface area (Å²) in [5, 5.41) is 0. The van der Waals surface area contributed by atoms with E-state index in [9.17, 15) is 0 Å². The fourth-order valence-electron chi connectivity index (χ4n) is 1.50. The SMILES string of the molecule is CCSCCC[Si](C)(Cl)CCCSCC. The molecule has 0 saturated heterocycles. The fraction of sp³-hybridized carbons (Fsp3) is 1.00. The third-order valence-corrected chi connectivity index (χ3v) is 8.28. The third kappa shape index (κ3) is 11.5. The number of hydrogen-bond acceptors (Lipinski definition) is 2. The van der Waals surface area contributed by atoms with Gasteiger partial charge in [-0.1, -0.05) is 20.4 Å². The van der Waals surface area contributed by atoms with Crippen molar-refractivity contribution in [2.45, 2.75) is 45.3 Å². The zero-order valence-electron chi connectivity index (χ0n) is 10.4. The van der Waals surface area contributed by atoms with E-state index in [4.69, 9.17) is 11.1 Å². The van der Waals surface area contributed by atoms with Gasteiger partial charge in [-0.15, -0.1) is 0 Å². The molecule has 0 aromatic carbocycles. The maximum Gasteiger partial charge on any atom is 0.153 e. The van der Waals surface area contributed by atoms with E-state index in [0.29, 0.717) is 0 Å². The van der Waals surface area contributed by atoms with E-state index in [0.717, 1.165) is 0 Å². The molecule has 0 amide bonds. The first kappa shape index (κ1) is 16.2. The zero-order valence-corrected chi connectivity index (χ0v) is 13.7. The molecule has 0 radical (unpaired) electrons. The number of thioether (sulfide) groups is 2. The standard InChI is InChI=1S/C11H25ClS2Si/c1-4-13-8-6-10-15(3,12)11-7-9-14-5-2/h4-11H2,1-3H3. The summed E-state index contributed by atoms with van der Waals surface area (Å²) >= 11 is 10.7. The lowest BCUT2D eigenvalue weighted by atomic mass is 10.6. The Morgan fingerprint density at radius 1 is 0.933 bits per heavy atom. The summed E-state index contributed by atoms with van der Waals surface area (Å²) in [5.74, 6) is 5.09. The maximum atomic E-state index is 6.61. The lowest BCUT2D eigenvalue weighted by Crippen LogP contribution is -2.22. The monoisotopic (exact) mass is 284 g/mol. The first-order valence-corrected chi connectivity index (χ1v) is 12.2. The minimum Gasteiger partial charge on any atom is -0.167 e. The van der Waals surface area contributed by atoms with Gasteiger partial charge < -0.3 is 0 Å². The molecule has 0 N–H and O–H groups in total. The van der Waals surface area contributed by atoms with Crippen molar-refractivity contribution in [2.24, 2.45) is 0 Å². The molecule has 0 nitrogen and oxygen atoms in total. The molecule has 0 spiro atoms. The molecule has 0 aliphatic heterocycles. The molecule has 4 heteroatoms. The summed E-state index contributed by atoms with van der Waals surface area (Å²) in [7, 11) is -1.36. The van der Waals surface area contributed by atoms with E-state index in [2.05, 4.69) is 20.4 Å². The highest BCUT2D eigenvalue weighted by molar-refractivity contribution is 7.99. The second kappa shape index (κ2) is 10.4. The molecule has 0 bridgehead atoms. The summed E-state index contributed by atoms with van der Waals surface area (Å²) < 4.78 is 0. The van der Waals surface area contributed by atoms with E-state index in [1.54, 1.807) is 0 Å². The van der Waals surface area contributed by atoms with Crippen LogP contribution in [-0.2, 0) is 0 Å². The molecule has 15 heavy (non-hydrogen) atoms. The molecule has 0 aliphatic carbocycles. The second-order valence-corrected chi connectivity index (χ2v) is 13.4. The van der Waals surface area contributed by atoms with Crippen molar-refractivity contribution in [3.8, 4) is 0 Å². The van der Waals surface area contributed by atoms with Crippen LogP contribution in [0.15, 0.2) is 0 Å². The Balaban J connectivity index is 3.40. The molecule has 0 heterocycles. The Kier molecular flexibility index (Phi) is 11.2. The number of hydrogen-bond donors (Lipinski definition) is 0. The Bertz CT molecular complexity index is 129. The predicted molar refractivity (Wildman–Crippen MR) is 82.3 cm³/mol. The van der Waals surface area contributed by atoms with Crippen LogP contribution in [0.25, 0.3) is 0 Å². The topological polar surface area (TPSA) is 0 Å². The van der Waals surface area contributed by atoms with Gasteiger partial charge in [-0.2, -0.15) is 34.6 Å². The van der Waals surface area contributed by atoms with Crippen LogP contribution < -0.4 is 0 Å². The molecular weight excluding hydrogens is 260 g/mol. The average Bonchev–Trinajstić information content (AvgIpc) is 2.20. The Morgan fingerprint density at radius 3 is 1.67 bits per heavy atom. The highest BCUT2D eigenvalue weighted by Gasteiger charge is 2.22. The predicted octanol–water partition coefficient (Wildman–Crippen LogP) is 5.09. The van der Waals surface area contributed by atoms with E-state index >= 15 is 0 Å². The smallest absolute Gasteiger partial charge is 0.153 e. The first-order valence-electron chi connectivity index (χ1n) is 5.97. The minimum absolute atomic E-state index is 1.24. The van der Waals surface area contributed by atoms with Gasteiger partial charge in [-0.25, -0.2) is 0 Å². The number of rotatable bonds is 10. The molecule has 0 fully saturated rings. The van der Waals surface area contributed by atoms with Crippen LogP contribution in [0.4, 0.5) is 0 Å². The normalized spacial score (nSPS) is 12.0. The van der Waals surface area contributed by atoms with Crippen molar-refractivity contribution >= 4 is 42.0 Å². The van der Waals surface area contributed by atoms with Gasteiger partial charge >= 0.3 is 0 Å². The molecule has 0 aromatic rings. The summed E-state index contributed by atoms with van der Waals surface area (Å²) in [6.45, 7) is 6.79. The van der Waals surface area contributed by atoms with Gasteiger partial charge in [0.15, 0.2) is 7.38 Å². The van der Waals surface area contributed by atoms with Gasteiger partial charge in [0, 0.05) is 0 Å². The van der Waals surface area contributed by atoms with Gasteiger partial charge in [-0.3, -0.25) is 0 Å². The molecule has 0 aliphatic rings. The van der Waals surface area contributed by atoms with Crippen LogP contribution in [0, 0.1) is 0 Å². The lowest BCUT2D eigenvalue weighted by Gasteiger charge is -2.18. The van der Waals surface area contributed by atoms with Crippen molar-refractivity contribution in [1.29, 1.82) is 0 Å². The highest BCUT2D eigenvalue weighted by atomic mass is 35.6.